The van der Waals surface area contributed by atoms with Gasteiger partial charge in [-0.15, -0.1) is 0 Å². The van der Waals surface area contributed by atoms with E-state index >= 15 is 0 Å². The summed E-state index contributed by atoms with van der Waals surface area (Å²) in [6.45, 7) is 0. The number of aromatic nitrogens is 1. The van der Waals surface area contributed by atoms with Crippen molar-refractivity contribution in [2.75, 3.05) is 9.62 Å². The number of anilines is 2. The maximum Gasteiger partial charge on any atom is 0.417 e. The van der Waals surface area contributed by atoms with E-state index in [9.17, 15) is 31.2 Å². The van der Waals surface area contributed by atoms with Crippen molar-refractivity contribution in [2.45, 2.75) is 11.1 Å². The Morgan fingerprint density at radius 1 is 1.00 bits per heavy atom. The molecule has 0 spiro atoms. The number of rotatable bonds is 4. The normalized spacial score (nSPS) is 13.9. The van der Waals surface area contributed by atoms with E-state index in [2.05, 4.69) is 9.71 Å². The third-order valence-electron chi connectivity index (χ3n) is 4.62. The van der Waals surface area contributed by atoms with E-state index in [-0.39, 0.29) is 22.5 Å². The molecule has 0 saturated carbocycles. The van der Waals surface area contributed by atoms with E-state index in [4.69, 9.17) is 11.6 Å². The molecule has 0 atom stereocenters. The van der Waals surface area contributed by atoms with Gasteiger partial charge < -0.3 is 0 Å². The summed E-state index contributed by atoms with van der Waals surface area (Å²) in [6, 6.07) is 9.01. The molecular formula is C20H11ClF3N3O4S. The average molecular weight is 482 g/mol. The molecule has 2 aromatic carbocycles. The van der Waals surface area contributed by atoms with Crippen molar-refractivity contribution in [3.63, 3.8) is 0 Å². The van der Waals surface area contributed by atoms with Crippen LogP contribution < -0.4 is 9.62 Å². The van der Waals surface area contributed by atoms with Crippen molar-refractivity contribution in [3.05, 3.63) is 82.6 Å². The number of benzene rings is 2. The highest BCUT2D eigenvalue weighted by atomic mass is 35.5. The Balaban J connectivity index is 1.75. The number of imide groups is 1. The zero-order valence-corrected chi connectivity index (χ0v) is 17.3. The van der Waals surface area contributed by atoms with Gasteiger partial charge in [0.1, 0.15) is 0 Å². The molecule has 12 heteroatoms. The summed E-state index contributed by atoms with van der Waals surface area (Å²) in [5.41, 5.74) is -1.69. The lowest BCUT2D eigenvalue weighted by Crippen LogP contribution is -2.29. The number of amides is 2. The number of pyridine rings is 1. The summed E-state index contributed by atoms with van der Waals surface area (Å²) in [5, 5.41) is -0.662. The van der Waals surface area contributed by atoms with E-state index in [1.54, 1.807) is 0 Å². The second-order valence-electron chi connectivity index (χ2n) is 6.63. The summed E-state index contributed by atoms with van der Waals surface area (Å²) in [5.74, 6) is -1.49. The third-order valence-corrected chi connectivity index (χ3v) is 6.31. The Kier molecular flexibility index (Phi) is 5.18. The Hall–Kier alpha value is -3.44. The lowest BCUT2D eigenvalue weighted by Gasteiger charge is -2.14. The average Bonchev–Trinajstić information content (AvgIpc) is 2.99. The van der Waals surface area contributed by atoms with Gasteiger partial charge in [-0.2, -0.15) is 13.2 Å². The minimum atomic E-state index is -4.87. The third kappa shape index (κ3) is 3.69. The predicted octanol–water partition coefficient (Wildman–Crippen LogP) is 4.36. The van der Waals surface area contributed by atoms with Gasteiger partial charge in [-0.25, -0.2) is 13.3 Å². The quantitative estimate of drug-likeness (QED) is 0.559. The first-order valence-corrected chi connectivity index (χ1v) is 10.7. The van der Waals surface area contributed by atoms with Crippen LogP contribution in [-0.4, -0.2) is 25.2 Å². The van der Waals surface area contributed by atoms with Gasteiger partial charge in [-0.1, -0.05) is 17.7 Å². The second-order valence-corrected chi connectivity index (χ2v) is 8.72. The van der Waals surface area contributed by atoms with Crippen LogP contribution in [0.15, 0.2) is 65.8 Å². The summed E-state index contributed by atoms with van der Waals surface area (Å²) in [7, 11) is -4.56. The van der Waals surface area contributed by atoms with Crippen LogP contribution in [-0.2, 0) is 16.2 Å². The van der Waals surface area contributed by atoms with Gasteiger partial charge >= 0.3 is 6.18 Å². The number of halogens is 4. The van der Waals surface area contributed by atoms with Crippen molar-refractivity contribution in [1.82, 2.24) is 4.98 Å². The lowest BCUT2D eigenvalue weighted by atomic mass is 10.1. The first-order chi connectivity index (χ1) is 15.0. The van der Waals surface area contributed by atoms with E-state index in [0.29, 0.717) is 6.07 Å². The highest BCUT2D eigenvalue weighted by molar-refractivity contribution is 7.92. The highest BCUT2D eigenvalue weighted by Gasteiger charge is 2.40. The summed E-state index contributed by atoms with van der Waals surface area (Å²) < 4.78 is 67.1. The van der Waals surface area contributed by atoms with Crippen LogP contribution in [0.4, 0.5) is 24.5 Å². The van der Waals surface area contributed by atoms with E-state index in [1.165, 1.54) is 42.7 Å². The molecule has 4 rings (SSSR count). The predicted molar refractivity (Wildman–Crippen MR) is 109 cm³/mol. The number of nitrogens with one attached hydrogen (secondary N) is 1. The number of fused-ring (bicyclic) bond motifs is 1. The molecule has 3 aromatic rings. The van der Waals surface area contributed by atoms with Crippen molar-refractivity contribution in [1.29, 1.82) is 0 Å². The highest BCUT2D eigenvalue weighted by Crippen LogP contribution is 2.37. The molecule has 0 bridgehead atoms. The Labute approximate surface area is 184 Å². The van der Waals surface area contributed by atoms with Crippen LogP contribution in [0, 0.1) is 0 Å². The molecule has 0 radical (unpaired) electrons. The Morgan fingerprint density at radius 3 is 2.41 bits per heavy atom. The molecule has 2 amide bonds. The van der Waals surface area contributed by atoms with Crippen molar-refractivity contribution in [2.24, 2.45) is 0 Å². The number of hydrogen-bond donors (Lipinski definition) is 1. The number of sulfonamides is 1. The molecule has 1 aliphatic heterocycles. The molecule has 32 heavy (non-hydrogen) atoms. The summed E-state index contributed by atoms with van der Waals surface area (Å²) in [4.78, 5) is 29.7. The number of carbonyl (C=O) groups is 2. The van der Waals surface area contributed by atoms with Gasteiger partial charge in [-0.3, -0.25) is 19.3 Å². The van der Waals surface area contributed by atoms with Crippen LogP contribution in [0.1, 0.15) is 26.3 Å². The number of carbonyl (C=O) groups excluding carboxylic acids is 2. The molecule has 1 aliphatic rings. The maximum atomic E-state index is 13.1. The van der Waals surface area contributed by atoms with Gasteiger partial charge in [0.2, 0.25) is 0 Å². The number of hydrogen-bond acceptors (Lipinski definition) is 5. The fourth-order valence-electron chi connectivity index (χ4n) is 3.18. The number of alkyl halides is 3. The molecule has 7 nitrogen and oxygen atoms in total. The van der Waals surface area contributed by atoms with Crippen molar-refractivity contribution in [3.8, 4) is 0 Å². The van der Waals surface area contributed by atoms with Crippen LogP contribution in [0.25, 0.3) is 0 Å². The van der Waals surface area contributed by atoms with E-state index in [1.807, 2.05) is 0 Å². The standard InChI is InChI=1S/C20H11ClF3N3O4S/c21-15-7-6-12(9-14(15)20(22,23)24)32(30,31)26-16-5-1-4-13-17(16)19(29)27(18(13)28)11-3-2-8-25-10-11/h1-10,26H. The van der Waals surface area contributed by atoms with Crippen LogP contribution in [0.2, 0.25) is 5.02 Å². The van der Waals surface area contributed by atoms with Crippen molar-refractivity contribution < 1.29 is 31.2 Å². The van der Waals surface area contributed by atoms with Gasteiger partial charge in [-0.05, 0) is 42.5 Å². The first kappa shape index (κ1) is 21.8. The van der Waals surface area contributed by atoms with E-state index < -0.39 is 43.5 Å². The monoisotopic (exact) mass is 481 g/mol. The molecule has 1 aromatic heterocycles. The van der Waals surface area contributed by atoms with Gasteiger partial charge in [0.25, 0.3) is 21.8 Å². The number of nitrogens with zero attached hydrogens (tertiary/aromatic N) is 2. The molecule has 0 fully saturated rings. The molecule has 2 heterocycles. The zero-order valence-electron chi connectivity index (χ0n) is 15.7. The SMILES string of the molecule is O=C1c2cccc(NS(=O)(=O)c3ccc(Cl)c(C(F)(F)F)c3)c2C(=O)N1c1cccnc1. The smallest absolute Gasteiger partial charge is 0.279 e. The second kappa shape index (κ2) is 7.61. The fourth-order valence-corrected chi connectivity index (χ4v) is 4.51. The first-order valence-electron chi connectivity index (χ1n) is 8.82. The summed E-state index contributed by atoms with van der Waals surface area (Å²) >= 11 is 5.55. The lowest BCUT2D eigenvalue weighted by molar-refractivity contribution is -0.137. The van der Waals surface area contributed by atoms with Crippen LogP contribution in [0.3, 0.4) is 0 Å². The maximum absolute atomic E-state index is 13.1. The fraction of sp³-hybridized carbons (Fsp3) is 0.0500. The van der Waals surface area contributed by atoms with Gasteiger partial charge in [0, 0.05) is 6.20 Å². The molecule has 1 N–H and O–H groups in total. The minimum absolute atomic E-state index is 0.0638. The Bertz CT molecular complexity index is 1360. The molecule has 0 saturated heterocycles. The van der Waals surface area contributed by atoms with Crippen LogP contribution >= 0.6 is 11.6 Å². The molecule has 164 valence electrons. The Morgan fingerprint density at radius 2 is 1.75 bits per heavy atom. The van der Waals surface area contributed by atoms with Gasteiger partial charge in [0.15, 0.2) is 0 Å². The van der Waals surface area contributed by atoms with Gasteiger partial charge in [0.05, 0.1) is 44.2 Å². The van der Waals surface area contributed by atoms with Crippen LogP contribution in [0.5, 0.6) is 0 Å². The molecule has 0 aliphatic carbocycles. The zero-order chi connectivity index (χ0) is 23.3. The molecular weight excluding hydrogens is 471 g/mol. The van der Waals surface area contributed by atoms with Crippen molar-refractivity contribution >= 4 is 44.8 Å². The minimum Gasteiger partial charge on any atom is -0.279 e. The molecule has 0 unspecified atom stereocenters. The topological polar surface area (TPSA) is 96.4 Å². The van der Waals surface area contributed by atoms with E-state index in [0.717, 1.165) is 17.0 Å². The largest absolute Gasteiger partial charge is 0.417 e. The summed E-state index contributed by atoms with van der Waals surface area (Å²) in [6.07, 6.45) is -2.14.